The number of aromatic amines is 1. The van der Waals surface area contributed by atoms with E-state index in [1.54, 1.807) is 24.3 Å². The fraction of sp³-hybridized carbons (Fsp3) is 0.360. The lowest BCUT2D eigenvalue weighted by molar-refractivity contribution is -0.121. The number of hydrogen-bond donors (Lipinski definition) is 5. The summed E-state index contributed by atoms with van der Waals surface area (Å²) in [6.45, 7) is 2.55. The number of terminal acetylenes is 1. The number of benzene rings is 1. The molecule has 1 aromatic carbocycles. The molecule has 0 spiro atoms. The van der Waals surface area contributed by atoms with Crippen LogP contribution in [0.25, 0.3) is 11.2 Å². The van der Waals surface area contributed by atoms with Crippen LogP contribution < -0.4 is 27.2 Å². The maximum Gasteiger partial charge on any atom is 0.280 e. The lowest BCUT2D eigenvalue weighted by Crippen LogP contribution is -2.29. The van der Waals surface area contributed by atoms with Crippen LogP contribution in [0.5, 0.6) is 0 Å². The maximum atomic E-state index is 12.4. The van der Waals surface area contributed by atoms with Gasteiger partial charge in [0, 0.05) is 30.8 Å². The van der Waals surface area contributed by atoms with Gasteiger partial charge in [0.25, 0.3) is 11.5 Å². The number of nitrogens with zero attached hydrogens (tertiary/aromatic N) is 3. The van der Waals surface area contributed by atoms with Gasteiger partial charge in [-0.2, -0.15) is 4.98 Å². The molecule has 6 N–H and O–H groups in total. The summed E-state index contributed by atoms with van der Waals surface area (Å²) in [6, 6.07) is 6.89. The van der Waals surface area contributed by atoms with Gasteiger partial charge in [-0.3, -0.25) is 19.4 Å². The number of carbonyl (C=O) groups is 2. The Labute approximate surface area is 218 Å². The molecule has 2 heterocycles. The SMILES string of the molecule is C#CCOCCOCCNC(=O)CCCNC(=O)c1ccc(NCc2cnc3nc(N)[nH]c(=O)c3n2)cc1. The number of H-pyrrole nitrogens is 1. The summed E-state index contributed by atoms with van der Waals surface area (Å²) in [5.41, 5.74) is 7.13. The maximum absolute atomic E-state index is 12.4. The largest absolute Gasteiger partial charge is 0.379 e. The van der Waals surface area contributed by atoms with Crippen LogP contribution in [0.1, 0.15) is 28.9 Å². The van der Waals surface area contributed by atoms with E-state index in [4.69, 9.17) is 21.6 Å². The van der Waals surface area contributed by atoms with Crippen molar-refractivity contribution in [3.63, 3.8) is 0 Å². The van der Waals surface area contributed by atoms with E-state index < -0.39 is 5.56 Å². The molecule has 0 radical (unpaired) electrons. The Bertz CT molecular complexity index is 1320. The first-order valence-electron chi connectivity index (χ1n) is 12.0. The van der Waals surface area contributed by atoms with E-state index in [0.717, 1.165) is 5.69 Å². The molecule has 0 bridgehead atoms. The minimum Gasteiger partial charge on any atom is -0.379 e. The van der Waals surface area contributed by atoms with Gasteiger partial charge in [-0.25, -0.2) is 9.97 Å². The first-order chi connectivity index (χ1) is 18.5. The highest BCUT2D eigenvalue weighted by Crippen LogP contribution is 2.11. The van der Waals surface area contributed by atoms with Crippen molar-refractivity contribution in [1.29, 1.82) is 0 Å². The van der Waals surface area contributed by atoms with Crippen molar-refractivity contribution in [2.24, 2.45) is 0 Å². The first-order valence-corrected chi connectivity index (χ1v) is 12.0. The number of nitrogens with one attached hydrogen (secondary N) is 4. The molecule has 0 saturated carbocycles. The summed E-state index contributed by atoms with van der Waals surface area (Å²) in [5.74, 6) is 2.00. The highest BCUT2D eigenvalue weighted by molar-refractivity contribution is 5.94. The van der Waals surface area contributed by atoms with E-state index >= 15 is 0 Å². The van der Waals surface area contributed by atoms with Crippen molar-refractivity contribution >= 4 is 34.6 Å². The van der Waals surface area contributed by atoms with Gasteiger partial charge in [-0.05, 0) is 30.7 Å². The molecule has 0 aliphatic heterocycles. The Kier molecular flexibility index (Phi) is 11.0. The second-order valence-electron chi connectivity index (χ2n) is 7.99. The van der Waals surface area contributed by atoms with E-state index in [1.165, 1.54) is 6.20 Å². The first kappa shape index (κ1) is 28.0. The van der Waals surface area contributed by atoms with Gasteiger partial charge >= 0.3 is 0 Å². The topological polar surface area (TPSA) is 186 Å². The van der Waals surface area contributed by atoms with Crippen molar-refractivity contribution in [3.05, 3.63) is 52.1 Å². The van der Waals surface area contributed by atoms with Crippen molar-refractivity contribution in [2.75, 3.05) is 50.6 Å². The molecule has 3 aromatic rings. The fourth-order valence-electron chi connectivity index (χ4n) is 3.24. The number of amides is 2. The number of hydrogen-bond acceptors (Lipinski definition) is 10. The van der Waals surface area contributed by atoms with Crippen LogP contribution in [0, 0.1) is 12.3 Å². The van der Waals surface area contributed by atoms with E-state index in [9.17, 15) is 14.4 Å². The molecule has 13 nitrogen and oxygen atoms in total. The second-order valence-corrected chi connectivity index (χ2v) is 7.99. The van der Waals surface area contributed by atoms with Gasteiger partial charge in [-0.1, -0.05) is 5.92 Å². The summed E-state index contributed by atoms with van der Waals surface area (Å²) in [7, 11) is 0. The Morgan fingerprint density at radius 2 is 1.84 bits per heavy atom. The average Bonchev–Trinajstić information content (AvgIpc) is 2.91. The molecule has 38 heavy (non-hydrogen) atoms. The molecule has 3 rings (SSSR count). The molecule has 0 atom stereocenters. The minimum absolute atomic E-state index is 0.0192. The van der Waals surface area contributed by atoms with Gasteiger partial charge in [0.05, 0.1) is 38.3 Å². The third-order valence-electron chi connectivity index (χ3n) is 5.10. The second kappa shape index (κ2) is 14.9. The zero-order chi connectivity index (χ0) is 27.2. The predicted molar refractivity (Wildman–Crippen MR) is 141 cm³/mol. The van der Waals surface area contributed by atoms with Crippen LogP contribution in [-0.4, -0.2) is 71.3 Å². The molecule has 0 saturated heterocycles. The molecule has 0 unspecified atom stereocenters. The monoisotopic (exact) mass is 522 g/mol. The molecule has 2 aromatic heterocycles. The normalized spacial score (nSPS) is 10.6. The number of carbonyl (C=O) groups excluding carboxylic acids is 2. The van der Waals surface area contributed by atoms with Crippen molar-refractivity contribution in [1.82, 2.24) is 30.6 Å². The summed E-state index contributed by atoms with van der Waals surface area (Å²) in [6.07, 6.45) is 7.38. The van der Waals surface area contributed by atoms with E-state index in [1.807, 2.05) is 0 Å². The Hall–Kier alpha value is -4.54. The molecular formula is C25H30N8O5. The summed E-state index contributed by atoms with van der Waals surface area (Å²) in [4.78, 5) is 50.9. The zero-order valence-electron chi connectivity index (χ0n) is 20.8. The smallest absolute Gasteiger partial charge is 0.280 e. The molecule has 0 fully saturated rings. The van der Waals surface area contributed by atoms with Gasteiger partial charge in [-0.15, -0.1) is 6.42 Å². The van der Waals surface area contributed by atoms with Crippen LogP contribution >= 0.6 is 0 Å². The molecule has 2 amide bonds. The average molecular weight is 523 g/mol. The highest BCUT2D eigenvalue weighted by atomic mass is 16.5. The van der Waals surface area contributed by atoms with Gasteiger partial charge in [0.2, 0.25) is 11.9 Å². The predicted octanol–water partition coefficient (Wildman–Crippen LogP) is 0.200. The number of ether oxygens (including phenoxy) is 2. The summed E-state index contributed by atoms with van der Waals surface area (Å²) < 4.78 is 10.4. The van der Waals surface area contributed by atoms with Gasteiger partial charge in [0.1, 0.15) is 6.61 Å². The van der Waals surface area contributed by atoms with E-state index in [2.05, 4.69) is 41.8 Å². The summed E-state index contributed by atoms with van der Waals surface area (Å²) in [5, 5.41) is 8.72. The Balaban J connectivity index is 1.32. The number of fused-ring (bicyclic) bond motifs is 1. The Morgan fingerprint density at radius 1 is 1.05 bits per heavy atom. The molecule has 0 aliphatic rings. The van der Waals surface area contributed by atoms with Crippen LogP contribution in [0.4, 0.5) is 11.6 Å². The van der Waals surface area contributed by atoms with Crippen LogP contribution in [0.15, 0.2) is 35.3 Å². The standard InChI is InChI=1S/C25H30N8O5/c1-2-11-37-13-14-38-12-10-27-20(34)4-3-9-28-23(35)17-5-7-18(8-6-17)29-15-19-16-30-22-21(31-19)24(36)33-25(26)32-22/h1,5-8,16,29H,3-4,9-15H2,(H,27,34)(H,28,35)(H3,26,30,32,33,36). The highest BCUT2D eigenvalue weighted by Gasteiger charge is 2.08. The number of nitrogens with two attached hydrogens (primary N) is 1. The van der Waals surface area contributed by atoms with Gasteiger partial charge in [0.15, 0.2) is 11.2 Å². The molecule has 200 valence electrons. The molecule has 0 aliphatic carbocycles. The number of nitrogen functional groups attached to an aromatic ring is 1. The van der Waals surface area contributed by atoms with Gasteiger partial charge < -0.3 is 31.2 Å². The third-order valence-corrected chi connectivity index (χ3v) is 5.10. The lowest BCUT2D eigenvalue weighted by atomic mass is 10.2. The fourth-order valence-corrected chi connectivity index (χ4v) is 3.24. The number of anilines is 2. The molecule has 13 heteroatoms. The Morgan fingerprint density at radius 3 is 2.63 bits per heavy atom. The minimum atomic E-state index is -0.457. The van der Waals surface area contributed by atoms with Crippen LogP contribution in [-0.2, 0) is 20.8 Å². The number of rotatable bonds is 15. The third kappa shape index (κ3) is 9.16. The lowest BCUT2D eigenvalue weighted by Gasteiger charge is -2.09. The van der Waals surface area contributed by atoms with Crippen LogP contribution in [0.3, 0.4) is 0 Å². The summed E-state index contributed by atoms with van der Waals surface area (Å²) >= 11 is 0. The van der Waals surface area contributed by atoms with E-state index in [-0.39, 0.29) is 35.5 Å². The van der Waals surface area contributed by atoms with Crippen molar-refractivity contribution in [2.45, 2.75) is 19.4 Å². The van der Waals surface area contributed by atoms with Crippen molar-refractivity contribution in [3.8, 4) is 12.3 Å². The molecular weight excluding hydrogens is 492 g/mol. The van der Waals surface area contributed by atoms with E-state index in [0.29, 0.717) is 63.6 Å². The zero-order valence-corrected chi connectivity index (χ0v) is 20.8. The van der Waals surface area contributed by atoms with Crippen LogP contribution in [0.2, 0.25) is 0 Å². The van der Waals surface area contributed by atoms with Crippen molar-refractivity contribution < 1.29 is 19.1 Å². The number of aromatic nitrogens is 4. The quantitative estimate of drug-likeness (QED) is 0.136.